The van der Waals surface area contributed by atoms with Gasteiger partial charge in [-0.1, -0.05) is 12.1 Å². The number of nitrogen functional groups attached to an aromatic ring is 1. The predicted octanol–water partition coefficient (Wildman–Crippen LogP) is 0.135. The largest absolute Gasteiger partial charge is 0.480 e. The second kappa shape index (κ2) is 9.13. The highest BCUT2D eigenvalue weighted by Gasteiger charge is 2.25. The van der Waals surface area contributed by atoms with Gasteiger partial charge in [-0.15, -0.1) is 0 Å². The first-order valence-corrected chi connectivity index (χ1v) is 8.59. The smallest absolute Gasteiger partial charge is 0.329 e. The molecule has 0 spiro atoms. The first-order valence-electron chi connectivity index (χ1n) is 8.59. The number of hydrogen-bond acceptors (Lipinski definition) is 5. The van der Waals surface area contributed by atoms with Gasteiger partial charge in [0.2, 0.25) is 5.91 Å². The average Bonchev–Trinajstić information content (AvgIpc) is 2.66. The van der Waals surface area contributed by atoms with Crippen molar-refractivity contribution < 1.29 is 24.2 Å². The van der Waals surface area contributed by atoms with E-state index in [-0.39, 0.29) is 36.9 Å². The molecule has 0 atom stereocenters. The van der Waals surface area contributed by atoms with Crippen molar-refractivity contribution in [2.24, 2.45) is 5.73 Å². The number of carbonyl (C=O) groups excluding carboxylic acids is 2. The molecule has 0 saturated carbocycles. The molecule has 1 aromatic rings. The second-order valence-corrected chi connectivity index (χ2v) is 6.44. The van der Waals surface area contributed by atoms with E-state index in [0.717, 1.165) is 0 Å². The Bertz CT molecular complexity index is 711. The molecule has 2 amide bonds. The average molecular weight is 376 g/mol. The zero-order valence-electron chi connectivity index (χ0n) is 15.2. The standard InChI is InChI=1S/C18H24N4O5/c1-21(18(26)13-4-2-12(3-5-13)17(19)20)10-15(23)22-8-6-14(7-9-22)27-11-16(24)25/h2-5,14H,6-11H2,1H3,(H3,19,20)(H,24,25). The van der Waals surface area contributed by atoms with Gasteiger partial charge in [0.25, 0.3) is 5.91 Å². The van der Waals surface area contributed by atoms with Crippen molar-refractivity contribution in [2.75, 3.05) is 33.3 Å². The minimum atomic E-state index is -1.01. The van der Waals surface area contributed by atoms with Crippen LogP contribution in [0.2, 0.25) is 0 Å². The third kappa shape index (κ3) is 5.78. The SMILES string of the molecule is CN(CC(=O)N1CCC(OCC(=O)O)CC1)C(=O)c1ccc(C(=N)N)cc1. The maximum absolute atomic E-state index is 12.4. The molecule has 27 heavy (non-hydrogen) atoms. The zero-order valence-corrected chi connectivity index (χ0v) is 15.2. The van der Waals surface area contributed by atoms with Crippen LogP contribution in [0.25, 0.3) is 0 Å². The van der Waals surface area contributed by atoms with E-state index in [9.17, 15) is 14.4 Å². The van der Waals surface area contributed by atoms with E-state index in [0.29, 0.717) is 37.1 Å². The Balaban J connectivity index is 1.83. The third-order valence-electron chi connectivity index (χ3n) is 4.40. The molecule has 9 nitrogen and oxygen atoms in total. The fraction of sp³-hybridized carbons (Fsp3) is 0.444. The molecule has 1 saturated heterocycles. The Hall–Kier alpha value is -2.94. The normalized spacial score (nSPS) is 14.6. The summed E-state index contributed by atoms with van der Waals surface area (Å²) in [6.07, 6.45) is 0.983. The summed E-state index contributed by atoms with van der Waals surface area (Å²) in [7, 11) is 1.56. The zero-order chi connectivity index (χ0) is 20.0. The summed E-state index contributed by atoms with van der Waals surface area (Å²) in [5, 5.41) is 16.0. The molecule has 1 heterocycles. The molecule has 9 heteroatoms. The van der Waals surface area contributed by atoms with E-state index in [4.69, 9.17) is 21.0 Å². The van der Waals surface area contributed by atoms with Crippen LogP contribution in [0.4, 0.5) is 0 Å². The van der Waals surface area contributed by atoms with E-state index in [1.54, 1.807) is 36.2 Å². The van der Waals surface area contributed by atoms with Crippen LogP contribution in [0.1, 0.15) is 28.8 Å². The highest BCUT2D eigenvalue weighted by molar-refractivity contribution is 5.99. The number of carbonyl (C=O) groups is 3. The number of carboxylic acid groups (broad SMARTS) is 1. The van der Waals surface area contributed by atoms with Crippen LogP contribution in [0.3, 0.4) is 0 Å². The number of aliphatic carboxylic acids is 1. The Kier molecular flexibility index (Phi) is 6.89. The van der Waals surface area contributed by atoms with E-state index < -0.39 is 5.97 Å². The quantitative estimate of drug-likeness (QED) is 0.457. The molecule has 0 unspecified atom stereocenters. The summed E-state index contributed by atoms with van der Waals surface area (Å²) >= 11 is 0. The number of likely N-dealkylation sites (tertiary alicyclic amines) is 1. The number of amides is 2. The lowest BCUT2D eigenvalue weighted by Crippen LogP contribution is -2.46. The van der Waals surface area contributed by atoms with Gasteiger partial charge in [0.05, 0.1) is 12.6 Å². The number of benzene rings is 1. The highest BCUT2D eigenvalue weighted by atomic mass is 16.5. The Morgan fingerprint density at radius 2 is 1.78 bits per heavy atom. The van der Waals surface area contributed by atoms with Crippen LogP contribution in [-0.2, 0) is 14.3 Å². The molecule has 1 aliphatic heterocycles. The molecule has 0 aromatic heterocycles. The van der Waals surface area contributed by atoms with Crippen LogP contribution < -0.4 is 5.73 Å². The van der Waals surface area contributed by atoms with Gasteiger partial charge >= 0.3 is 5.97 Å². The summed E-state index contributed by atoms with van der Waals surface area (Å²) in [5.74, 6) is -1.54. The number of amidine groups is 1. The van der Waals surface area contributed by atoms with Crippen molar-refractivity contribution in [2.45, 2.75) is 18.9 Å². The Labute approximate surface area is 157 Å². The van der Waals surface area contributed by atoms with Gasteiger partial charge in [-0.25, -0.2) is 4.79 Å². The van der Waals surface area contributed by atoms with Crippen molar-refractivity contribution in [3.8, 4) is 0 Å². The fourth-order valence-corrected chi connectivity index (χ4v) is 2.85. The lowest BCUT2D eigenvalue weighted by Gasteiger charge is -2.32. The van der Waals surface area contributed by atoms with Crippen molar-refractivity contribution in [3.63, 3.8) is 0 Å². The molecule has 0 aliphatic carbocycles. The molecule has 4 N–H and O–H groups in total. The number of likely N-dealkylation sites (N-methyl/N-ethyl adjacent to an activating group) is 1. The molecule has 0 radical (unpaired) electrons. The third-order valence-corrected chi connectivity index (χ3v) is 4.40. The Morgan fingerprint density at radius 1 is 1.22 bits per heavy atom. The van der Waals surface area contributed by atoms with E-state index in [2.05, 4.69) is 0 Å². The number of hydrogen-bond donors (Lipinski definition) is 3. The van der Waals surface area contributed by atoms with Crippen molar-refractivity contribution in [3.05, 3.63) is 35.4 Å². The number of ether oxygens (including phenoxy) is 1. The Morgan fingerprint density at radius 3 is 2.30 bits per heavy atom. The summed E-state index contributed by atoms with van der Waals surface area (Å²) in [6.45, 7) is 0.559. The topological polar surface area (TPSA) is 137 Å². The summed E-state index contributed by atoms with van der Waals surface area (Å²) in [5.41, 5.74) is 6.33. The number of rotatable bonds is 7. The summed E-state index contributed by atoms with van der Waals surface area (Å²) < 4.78 is 5.25. The molecule has 146 valence electrons. The van der Waals surface area contributed by atoms with Crippen molar-refractivity contribution in [1.82, 2.24) is 9.80 Å². The van der Waals surface area contributed by atoms with Gasteiger partial charge in [0, 0.05) is 31.3 Å². The van der Waals surface area contributed by atoms with Crippen LogP contribution in [0.5, 0.6) is 0 Å². The molecule has 2 rings (SSSR count). The van der Waals surface area contributed by atoms with E-state index >= 15 is 0 Å². The maximum atomic E-state index is 12.4. The van der Waals surface area contributed by atoms with Gasteiger partial charge in [0.1, 0.15) is 12.4 Å². The lowest BCUT2D eigenvalue weighted by atomic mass is 10.1. The van der Waals surface area contributed by atoms with Gasteiger partial charge in [0.15, 0.2) is 0 Å². The second-order valence-electron chi connectivity index (χ2n) is 6.44. The molecular formula is C18H24N4O5. The van der Waals surface area contributed by atoms with Gasteiger partial charge in [-0.3, -0.25) is 15.0 Å². The molecular weight excluding hydrogens is 352 g/mol. The number of carboxylic acids is 1. The number of nitrogens with two attached hydrogens (primary N) is 1. The van der Waals surface area contributed by atoms with Crippen LogP contribution in [0, 0.1) is 5.41 Å². The number of piperidine rings is 1. The summed E-state index contributed by atoms with van der Waals surface area (Å²) in [6, 6.07) is 6.33. The highest BCUT2D eigenvalue weighted by Crippen LogP contribution is 2.14. The predicted molar refractivity (Wildman–Crippen MR) is 97.6 cm³/mol. The van der Waals surface area contributed by atoms with E-state index in [1.807, 2.05) is 0 Å². The van der Waals surface area contributed by atoms with Gasteiger partial charge < -0.3 is 25.4 Å². The number of nitrogens with one attached hydrogen (secondary N) is 1. The van der Waals surface area contributed by atoms with Crippen molar-refractivity contribution >= 4 is 23.6 Å². The minimum Gasteiger partial charge on any atom is -0.480 e. The van der Waals surface area contributed by atoms with Crippen LogP contribution in [0.15, 0.2) is 24.3 Å². The summed E-state index contributed by atoms with van der Waals surface area (Å²) in [4.78, 5) is 38.4. The maximum Gasteiger partial charge on any atom is 0.329 e. The molecule has 1 aliphatic rings. The van der Waals surface area contributed by atoms with Crippen LogP contribution in [-0.4, -0.2) is 77.9 Å². The van der Waals surface area contributed by atoms with Gasteiger partial charge in [-0.2, -0.15) is 0 Å². The van der Waals surface area contributed by atoms with Gasteiger partial charge in [-0.05, 0) is 25.0 Å². The molecule has 0 bridgehead atoms. The molecule has 1 aromatic carbocycles. The van der Waals surface area contributed by atoms with Crippen molar-refractivity contribution in [1.29, 1.82) is 5.41 Å². The first-order chi connectivity index (χ1) is 12.8. The first kappa shape index (κ1) is 20.4. The number of nitrogens with zero attached hydrogens (tertiary/aromatic N) is 2. The fourth-order valence-electron chi connectivity index (χ4n) is 2.85. The monoisotopic (exact) mass is 376 g/mol. The van der Waals surface area contributed by atoms with E-state index in [1.165, 1.54) is 4.90 Å². The van der Waals surface area contributed by atoms with Crippen LogP contribution >= 0.6 is 0 Å². The molecule has 1 fully saturated rings. The minimum absolute atomic E-state index is 0.0477. The lowest BCUT2D eigenvalue weighted by molar-refractivity contribution is -0.146.